The molecule has 0 aliphatic carbocycles. The first-order chi connectivity index (χ1) is 13.1. The molecule has 3 N–H and O–H groups in total. The van der Waals surface area contributed by atoms with E-state index in [9.17, 15) is 4.79 Å². The number of β-amino-alcohol motifs (C(OH)–C–C–N with tert-alkyl or cyclic N) is 1. The Kier molecular flexibility index (Phi) is 5.09. The number of aliphatic hydroxyl groups excluding tert-OH is 1. The molecule has 2 aromatic rings. The molecular weight excluding hydrogens is 344 g/mol. The fourth-order valence-electron chi connectivity index (χ4n) is 4.06. The number of rotatable bonds is 5. The Bertz CT molecular complexity index is 840. The number of aromatic nitrogens is 2. The zero-order valence-electron chi connectivity index (χ0n) is 15.4. The summed E-state index contributed by atoms with van der Waals surface area (Å²) in [7, 11) is 0. The molecule has 4 rings (SSSR count). The maximum absolute atomic E-state index is 11.5. The Morgan fingerprint density at radius 2 is 2.11 bits per heavy atom. The van der Waals surface area contributed by atoms with Gasteiger partial charge in [0.15, 0.2) is 0 Å². The molecule has 27 heavy (non-hydrogen) atoms. The van der Waals surface area contributed by atoms with E-state index in [1.54, 1.807) is 11.1 Å². The number of piperidine rings is 1. The first-order valence-electron chi connectivity index (χ1n) is 9.59. The second-order valence-electron chi connectivity index (χ2n) is 7.41. The molecule has 1 amide bonds. The van der Waals surface area contributed by atoms with Gasteiger partial charge in [0.05, 0.1) is 24.0 Å². The monoisotopic (exact) mass is 370 g/mol. The number of amides is 1. The van der Waals surface area contributed by atoms with Gasteiger partial charge in [-0.1, -0.05) is 0 Å². The van der Waals surface area contributed by atoms with Gasteiger partial charge >= 0.3 is 0 Å². The topological polar surface area (TPSA) is 97.0 Å². The van der Waals surface area contributed by atoms with Gasteiger partial charge < -0.3 is 14.9 Å². The molecule has 0 unspecified atom stereocenters. The number of guanidine groups is 1. The summed E-state index contributed by atoms with van der Waals surface area (Å²) in [6.07, 6.45) is 7.45. The van der Waals surface area contributed by atoms with Crippen LogP contribution in [0.5, 0.6) is 0 Å². The van der Waals surface area contributed by atoms with Gasteiger partial charge in [-0.25, -0.2) is 4.52 Å². The number of nitrogens with zero attached hydrogens (tertiary/aromatic N) is 4. The lowest BCUT2D eigenvalue weighted by Crippen LogP contribution is -2.50. The van der Waals surface area contributed by atoms with E-state index in [1.807, 2.05) is 10.7 Å². The van der Waals surface area contributed by atoms with Crippen LogP contribution in [0.25, 0.3) is 5.52 Å². The highest BCUT2D eigenvalue weighted by Gasteiger charge is 2.24. The maximum Gasteiger partial charge on any atom is 0.228 e. The fraction of sp³-hybridized carbons (Fsp3) is 0.526. The van der Waals surface area contributed by atoms with Crippen LogP contribution in [0.1, 0.15) is 24.8 Å². The molecule has 4 heterocycles. The summed E-state index contributed by atoms with van der Waals surface area (Å²) < 4.78 is 1.83. The van der Waals surface area contributed by atoms with E-state index in [-0.39, 0.29) is 18.5 Å². The lowest BCUT2D eigenvalue weighted by atomic mass is 9.90. The third kappa shape index (κ3) is 3.81. The Balaban J connectivity index is 1.49. The number of anilines is 1. The second kappa shape index (κ2) is 7.66. The minimum atomic E-state index is -0.110. The van der Waals surface area contributed by atoms with Crippen molar-refractivity contribution in [1.29, 1.82) is 5.41 Å². The zero-order valence-corrected chi connectivity index (χ0v) is 15.4. The van der Waals surface area contributed by atoms with Crippen molar-refractivity contribution in [2.24, 2.45) is 5.92 Å². The number of hydrogen-bond donors (Lipinski definition) is 3. The van der Waals surface area contributed by atoms with Gasteiger partial charge in [-0.05, 0) is 56.0 Å². The summed E-state index contributed by atoms with van der Waals surface area (Å²) in [5, 5.41) is 24.1. The van der Waals surface area contributed by atoms with E-state index in [4.69, 9.17) is 10.5 Å². The molecular formula is C19H26N6O2. The average molecular weight is 370 g/mol. The summed E-state index contributed by atoms with van der Waals surface area (Å²) in [4.78, 5) is 15.6. The number of carbonyl (C=O) groups is 1. The summed E-state index contributed by atoms with van der Waals surface area (Å²) in [5.74, 6) is 0.657. The van der Waals surface area contributed by atoms with E-state index in [1.165, 1.54) is 5.56 Å². The van der Waals surface area contributed by atoms with E-state index < -0.39 is 0 Å². The largest absolute Gasteiger partial charge is 0.395 e. The lowest BCUT2D eigenvalue weighted by Gasteiger charge is -2.31. The van der Waals surface area contributed by atoms with Crippen molar-refractivity contribution < 1.29 is 9.90 Å². The molecule has 2 aromatic heterocycles. The molecule has 2 saturated heterocycles. The SMILES string of the molecule is N=C1NC(=O)CCN1c1cnn2ccc(CC3CCN(CCO)CC3)cc12. The van der Waals surface area contributed by atoms with Crippen molar-refractivity contribution in [3.8, 4) is 0 Å². The quantitative estimate of drug-likeness (QED) is 0.725. The van der Waals surface area contributed by atoms with E-state index in [2.05, 4.69) is 27.4 Å². The van der Waals surface area contributed by atoms with Gasteiger partial charge in [-0.15, -0.1) is 0 Å². The van der Waals surface area contributed by atoms with Crippen LogP contribution in [0, 0.1) is 11.3 Å². The first-order valence-corrected chi connectivity index (χ1v) is 9.59. The van der Waals surface area contributed by atoms with Crippen LogP contribution in [0.15, 0.2) is 24.5 Å². The molecule has 8 nitrogen and oxygen atoms in total. The number of pyridine rings is 1. The predicted molar refractivity (Wildman–Crippen MR) is 103 cm³/mol. The van der Waals surface area contributed by atoms with Gasteiger partial charge in [0.1, 0.15) is 0 Å². The first kappa shape index (κ1) is 17.9. The Morgan fingerprint density at radius 1 is 1.30 bits per heavy atom. The Morgan fingerprint density at radius 3 is 2.85 bits per heavy atom. The van der Waals surface area contributed by atoms with Crippen molar-refractivity contribution in [3.63, 3.8) is 0 Å². The van der Waals surface area contributed by atoms with Crippen LogP contribution >= 0.6 is 0 Å². The van der Waals surface area contributed by atoms with Gasteiger partial charge in [0.25, 0.3) is 0 Å². The fourth-order valence-corrected chi connectivity index (χ4v) is 4.06. The average Bonchev–Trinajstić information content (AvgIpc) is 3.07. The zero-order chi connectivity index (χ0) is 18.8. The molecule has 8 heteroatoms. The number of hydrogen-bond acceptors (Lipinski definition) is 5. The minimum absolute atomic E-state index is 0.110. The molecule has 0 spiro atoms. The third-order valence-electron chi connectivity index (χ3n) is 5.59. The molecule has 2 aliphatic rings. The van der Waals surface area contributed by atoms with Crippen molar-refractivity contribution in [2.75, 3.05) is 37.7 Å². The molecule has 144 valence electrons. The third-order valence-corrected chi connectivity index (χ3v) is 5.59. The molecule has 0 atom stereocenters. The van der Waals surface area contributed by atoms with Crippen molar-refractivity contribution >= 4 is 23.1 Å². The van der Waals surface area contributed by atoms with Crippen LogP contribution in [0.2, 0.25) is 0 Å². The number of carbonyl (C=O) groups excluding carboxylic acids is 1. The molecule has 2 aliphatic heterocycles. The van der Waals surface area contributed by atoms with Gasteiger partial charge in [-0.2, -0.15) is 5.10 Å². The van der Waals surface area contributed by atoms with Crippen LogP contribution < -0.4 is 10.2 Å². The normalized spacial score (nSPS) is 19.7. The molecule has 0 saturated carbocycles. The number of aliphatic hydroxyl groups is 1. The Hall–Kier alpha value is -2.45. The second-order valence-corrected chi connectivity index (χ2v) is 7.41. The highest BCUT2D eigenvalue weighted by Crippen LogP contribution is 2.26. The van der Waals surface area contributed by atoms with Gasteiger partial charge in [-0.3, -0.25) is 15.5 Å². The number of fused-ring (bicyclic) bond motifs is 1. The molecule has 0 radical (unpaired) electrons. The predicted octanol–water partition coefficient (Wildman–Crippen LogP) is 0.842. The number of nitrogens with one attached hydrogen (secondary N) is 2. The van der Waals surface area contributed by atoms with E-state index in [0.717, 1.165) is 50.1 Å². The highest BCUT2D eigenvalue weighted by atomic mass is 16.3. The highest BCUT2D eigenvalue weighted by molar-refractivity contribution is 6.08. The summed E-state index contributed by atoms with van der Waals surface area (Å²) in [6.45, 7) is 3.61. The van der Waals surface area contributed by atoms with E-state index >= 15 is 0 Å². The smallest absolute Gasteiger partial charge is 0.228 e. The summed E-state index contributed by atoms with van der Waals surface area (Å²) in [6, 6.07) is 4.28. The maximum atomic E-state index is 11.5. The van der Waals surface area contributed by atoms with Crippen molar-refractivity contribution in [2.45, 2.75) is 25.7 Å². The molecule has 2 fully saturated rings. The molecule has 0 aromatic carbocycles. The summed E-state index contributed by atoms with van der Waals surface area (Å²) >= 11 is 0. The van der Waals surface area contributed by atoms with Crippen LogP contribution in [0.4, 0.5) is 5.69 Å². The van der Waals surface area contributed by atoms with E-state index in [0.29, 0.717) is 18.9 Å². The number of likely N-dealkylation sites (tertiary alicyclic amines) is 1. The summed E-state index contributed by atoms with van der Waals surface area (Å²) in [5.41, 5.74) is 3.10. The minimum Gasteiger partial charge on any atom is -0.395 e. The van der Waals surface area contributed by atoms with Crippen LogP contribution in [-0.4, -0.2) is 64.3 Å². The van der Waals surface area contributed by atoms with Crippen LogP contribution in [0.3, 0.4) is 0 Å². The van der Waals surface area contributed by atoms with Gasteiger partial charge in [0.2, 0.25) is 11.9 Å². The van der Waals surface area contributed by atoms with Crippen LogP contribution in [-0.2, 0) is 11.2 Å². The lowest BCUT2D eigenvalue weighted by molar-refractivity contribution is -0.119. The Labute approximate surface area is 158 Å². The van der Waals surface area contributed by atoms with Crippen molar-refractivity contribution in [3.05, 3.63) is 30.1 Å². The molecule has 0 bridgehead atoms. The standard InChI is InChI=1S/C19H26N6O2/c20-19-22-18(27)4-7-24(19)17-13-21-25-8-3-15(12-16(17)25)11-14-1-5-23(6-2-14)9-10-26/h3,8,12-14,26H,1-2,4-7,9-11H2,(H2,20,22,27). The van der Waals surface area contributed by atoms with Crippen molar-refractivity contribution in [1.82, 2.24) is 19.8 Å². The van der Waals surface area contributed by atoms with Gasteiger partial charge in [0, 0.05) is 25.7 Å².